The monoisotopic (exact) mass is 509 g/mol. The minimum absolute atomic E-state index is 0.191. The van der Waals surface area contributed by atoms with Crippen LogP contribution in [0.3, 0.4) is 0 Å². The summed E-state index contributed by atoms with van der Waals surface area (Å²) in [4.78, 5) is 15.0. The van der Waals surface area contributed by atoms with E-state index in [1.165, 1.54) is 16.7 Å². The fraction of sp³-hybridized carbons (Fsp3) is 0.143. The topological polar surface area (TPSA) is 38.8 Å². The molecule has 150 valence electrons. The molecule has 1 aliphatic heterocycles. The molecule has 2 aromatic carbocycles. The van der Waals surface area contributed by atoms with Gasteiger partial charge in [0, 0.05) is 4.47 Å². The Kier molecular flexibility index (Phi) is 7.40. The van der Waals surface area contributed by atoms with Crippen LogP contribution in [0.2, 0.25) is 5.02 Å². The largest absolute Gasteiger partial charge is 0.490 e. The molecule has 0 radical (unpaired) electrons. The molecule has 0 N–H and O–H groups in total. The number of amides is 1. The highest BCUT2D eigenvalue weighted by molar-refractivity contribution is 9.10. The fourth-order valence-corrected chi connectivity index (χ4v) is 4.34. The third-order valence-corrected chi connectivity index (χ3v) is 6.41. The number of nitrogens with zero attached hydrogens (tertiary/aromatic N) is 1. The Hall–Kier alpha value is -1.80. The van der Waals surface area contributed by atoms with Crippen molar-refractivity contribution in [3.63, 3.8) is 0 Å². The summed E-state index contributed by atoms with van der Waals surface area (Å²) in [5.74, 6) is 1.04. The average molecular weight is 511 g/mol. The first-order chi connectivity index (χ1) is 13.9. The van der Waals surface area contributed by atoms with Gasteiger partial charge in [-0.1, -0.05) is 54.3 Å². The summed E-state index contributed by atoms with van der Waals surface area (Å²) in [7, 11) is 0. The number of rotatable bonds is 7. The highest BCUT2D eigenvalue weighted by atomic mass is 79.9. The molecule has 0 saturated carbocycles. The van der Waals surface area contributed by atoms with Gasteiger partial charge in [-0.25, -0.2) is 0 Å². The number of thiocarbonyl (C=S) groups is 1. The summed E-state index contributed by atoms with van der Waals surface area (Å²) >= 11 is 16.2. The molecule has 0 atom stereocenters. The molecule has 0 bridgehead atoms. The van der Waals surface area contributed by atoms with Crippen LogP contribution in [0.25, 0.3) is 6.08 Å². The zero-order valence-electron chi connectivity index (χ0n) is 15.5. The van der Waals surface area contributed by atoms with Gasteiger partial charge >= 0.3 is 0 Å². The van der Waals surface area contributed by atoms with Crippen molar-refractivity contribution in [2.45, 2.75) is 6.92 Å². The van der Waals surface area contributed by atoms with Crippen molar-refractivity contribution < 1.29 is 14.3 Å². The van der Waals surface area contributed by atoms with E-state index in [0.717, 1.165) is 10.0 Å². The van der Waals surface area contributed by atoms with E-state index >= 15 is 0 Å². The van der Waals surface area contributed by atoms with E-state index in [1.54, 1.807) is 30.4 Å². The summed E-state index contributed by atoms with van der Waals surface area (Å²) in [5, 5.41) is 0.511. The molecule has 3 rings (SSSR count). The molecule has 1 aliphatic rings. The van der Waals surface area contributed by atoms with Crippen LogP contribution in [0.15, 0.2) is 58.4 Å². The highest BCUT2D eigenvalue weighted by Crippen LogP contribution is 2.38. The number of halogens is 2. The number of benzene rings is 2. The van der Waals surface area contributed by atoms with Gasteiger partial charge in [-0.05, 0) is 64.8 Å². The Morgan fingerprint density at radius 1 is 1.24 bits per heavy atom. The van der Waals surface area contributed by atoms with Gasteiger partial charge in [-0.3, -0.25) is 9.69 Å². The molecule has 2 aromatic rings. The van der Waals surface area contributed by atoms with Crippen LogP contribution in [-0.4, -0.2) is 23.4 Å². The molecule has 1 fully saturated rings. The zero-order valence-corrected chi connectivity index (χ0v) is 19.5. The standard InChI is InChI=1S/C21H17BrClNO3S2/c1-3-9-27-17-8-5-13(10-18(17)26-4-2)11-19-20(25)24(21(28)29-19)14-6-7-15(22)16(23)12-14/h3,5-8,10-12H,1,4,9H2,2H3/b19-11+. The minimum Gasteiger partial charge on any atom is -0.490 e. The summed E-state index contributed by atoms with van der Waals surface area (Å²) in [5.41, 5.74) is 1.45. The van der Waals surface area contributed by atoms with E-state index in [2.05, 4.69) is 22.5 Å². The van der Waals surface area contributed by atoms with Crippen molar-refractivity contribution in [1.82, 2.24) is 0 Å². The molecular weight excluding hydrogens is 494 g/mol. The predicted octanol–water partition coefficient (Wildman–Crippen LogP) is 6.47. The van der Waals surface area contributed by atoms with Gasteiger partial charge in [0.25, 0.3) is 5.91 Å². The first kappa shape index (κ1) is 21.9. The first-order valence-electron chi connectivity index (χ1n) is 8.68. The van der Waals surface area contributed by atoms with E-state index in [4.69, 9.17) is 33.3 Å². The van der Waals surface area contributed by atoms with Crippen molar-refractivity contribution in [2.24, 2.45) is 0 Å². The number of ether oxygens (including phenoxy) is 2. The summed E-state index contributed by atoms with van der Waals surface area (Å²) in [6.07, 6.45) is 3.46. The molecule has 8 heteroatoms. The van der Waals surface area contributed by atoms with Crippen molar-refractivity contribution >= 4 is 73.5 Å². The predicted molar refractivity (Wildman–Crippen MR) is 128 cm³/mol. The second-order valence-electron chi connectivity index (χ2n) is 5.85. The second kappa shape index (κ2) is 9.80. The molecular formula is C21H17BrClNO3S2. The summed E-state index contributed by atoms with van der Waals surface area (Å²) in [6, 6.07) is 10.8. The zero-order chi connectivity index (χ0) is 21.0. The third kappa shape index (κ3) is 5.04. The van der Waals surface area contributed by atoms with E-state index in [9.17, 15) is 4.79 Å². The average Bonchev–Trinajstić information content (AvgIpc) is 2.97. The lowest BCUT2D eigenvalue weighted by molar-refractivity contribution is -0.113. The lowest BCUT2D eigenvalue weighted by atomic mass is 10.1. The normalized spacial score (nSPS) is 15.1. The number of thioether (sulfide) groups is 1. The number of hydrogen-bond donors (Lipinski definition) is 0. The molecule has 1 amide bonds. The molecule has 29 heavy (non-hydrogen) atoms. The molecule has 0 unspecified atom stereocenters. The fourth-order valence-electron chi connectivity index (χ4n) is 2.62. The van der Waals surface area contributed by atoms with Crippen molar-refractivity contribution in [2.75, 3.05) is 18.1 Å². The van der Waals surface area contributed by atoms with Crippen LogP contribution < -0.4 is 14.4 Å². The molecule has 1 saturated heterocycles. The Morgan fingerprint density at radius 2 is 2.03 bits per heavy atom. The van der Waals surface area contributed by atoms with Gasteiger partial charge in [0.05, 0.1) is 22.2 Å². The van der Waals surface area contributed by atoms with Gasteiger partial charge in [0.2, 0.25) is 0 Å². The third-order valence-electron chi connectivity index (χ3n) is 3.88. The number of carbonyl (C=O) groups excluding carboxylic acids is 1. The minimum atomic E-state index is -0.191. The van der Waals surface area contributed by atoms with Crippen LogP contribution in [0.1, 0.15) is 12.5 Å². The van der Waals surface area contributed by atoms with Crippen molar-refractivity contribution in [3.8, 4) is 11.5 Å². The number of hydrogen-bond acceptors (Lipinski definition) is 5. The van der Waals surface area contributed by atoms with Crippen LogP contribution >= 0.6 is 51.5 Å². The van der Waals surface area contributed by atoms with Crippen LogP contribution in [-0.2, 0) is 4.79 Å². The molecule has 1 heterocycles. The Labute approximate surface area is 192 Å². The van der Waals surface area contributed by atoms with E-state index < -0.39 is 0 Å². The maximum atomic E-state index is 13.0. The first-order valence-corrected chi connectivity index (χ1v) is 11.1. The Balaban J connectivity index is 1.89. The molecule has 0 spiro atoms. The van der Waals surface area contributed by atoms with Gasteiger partial charge < -0.3 is 9.47 Å². The van der Waals surface area contributed by atoms with Crippen molar-refractivity contribution in [1.29, 1.82) is 0 Å². The van der Waals surface area contributed by atoms with Crippen LogP contribution in [0, 0.1) is 0 Å². The van der Waals surface area contributed by atoms with Gasteiger partial charge in [-0.2, -0.15) is 0 Å². The number of anilines is 1. The smallest absolute Gasteiger partial charge is 0.270 e. The van der Waals surface area contributed by atoms with Crippen LogP contribution in [0.5, 0.6) is 11.5 Å². The van der Waals surface area contributed by atoms with Gasteiger partial charge in [0.1, 0.15) is 6.61 Å². The second-order valence-corrected chi connectivity index (χ2v) is 8.79. The lowest BCUT2D eigenvalue weighted by Crippen LogP contribution is -2.27. The van der Waals surface area contributed by atoms with Gasteiger partial charge in [0.15, 0.2) is 15.8 Å². The van der Waals surface area contributed by atoms with E-state index in [1.807, 2.05) is 25.1 Å². The maximum absolute atomic E-state index is 13.0. The number of carbonyl (C=O) groups is 1. The maximum Gasteiger partial charge on any atom is 0.270 e. The lowest BCUT2D eigenvalue weighted by Gasteiger charge is -2.15. The molecule has 4 nitrogen and oxygen atoms in total. The molecule has 0 aromatic heterocycles. The Morgan fingerprint density at radius 3 is 2.72 bits per heavy atom. The molecule has 0 aliphatic carbocycles. The van der Waals surface area contributed by atoms with E-state index in [-0.39, 0.29) is 5.91 Å². The Bertz CT molecular complexity index is 1010. The quantitative estimate of drug-likeness (QED) is 0.242. The summed E-state index contributed by atoms with van der Waals surface area (Å²) < 4.78 is 12.5. The SMILES string of the molecule is C=CCOc1ccc(/C=C2/SC(=S)N(c3ccc(Br)c(Cl)c3)C2=O)cc1OCC. The van der Waals surface area contributed by atoms with E-state index in [0.29, 0.717) is 44.6 Å². The van der Waals surface area contributed by atoms with Crippen LogP contribution in [0.4, 0.5) is 5.69 Å². The highest BCUT2D eigenvalue weighted by Gasteiger charge is 2.33. The summed E-state index contributed by atoms with van der Waals surface area (Å²) in [6.45, 7) is 6.44. The van der Waals surface area contributed by atoms with Gasteiger partial charge in [-0.15, -0.1) is 0 Å². The van der Waals surface area contributed by atoms with Crippen molar-refractivity contribution in [3.05, 3.63) is 69.0 Å².